The smallest absolute Gasteiger partial charge is 0.0534 e. The van der Waals surface area contributed by atoms with Gasteiger partial charge in [0.15, 0.2) is 0 Å². The van der Waals surface area contributed by atoms with Crippen LogP contribution in [0.5, 0.6) is 0 Å². The number of nitrogens with one attached hydrogen (secondary N) is 1. The van der Waals surface area contributed by atoms with Gasteiger partial charge in [-0.3, -0.25) is 4.68 Å². The second-order valence-corrected chi connectivity index (χ2v) is 4.05. The van der Waals surface area contributed by atoms with E-state index in [4.69, 9.17) is 11.6 Å². The summed E-state index contributed by atoms with van der Waals surface area (Å²) < 4.78 is 1.94. The molecule has 0 aliphatic heterocycles. The summed E-state index contributed by atoms with van der Waals surface area (Å²) in [7, 11) is 0. The van der Waals surface area contributed by atoms with Crippen molar-refractivity contribution in [1.82, 2.24) is 15.1 Å². The van der Waals surface area contributed by atoms with E-state index in [9.17, 15) is 0 Å². The van der Waals surface area contributed by atoms with Gasteiger partial charge in [-0.2, -0.15) is 5.10 Å². The first-order chi connectivity index (χ1) is 7.30. The number of hydrogen-bond acceptors (Lipinski definition) is 2. The van der Waals surface area contributed by atoms with Crippen molar-refractivity contribution in [3.63, 3.8) is 0 Å². The van der Waals surface area contributed by atoms with Gasteiger partial charge in [-0.1, -0.05) is 6.92 Å². The summed E-state index contributed by atoms with van der Waals surface area (Å²) in [4.78, 5) is 0. The van der Waals surface area contributed by atoms with Crippen LogP contribution in [-0.2, 0) is 13.1 Å². The van der Waals surface area contributed by atoms with Gasteiger partial charge in [-0.25, -0.2) is 0 Å². The van der Waals surface area contributed by atoms with Crippen LogP contribution in [0.2, 0.25) is 0 Å². The van der Waals surface area contributed by atoms with E-state index in [1.54, 1.807) is 0 Å². The molecule has 0 radical (unpaired) electrons. The van der Waals surface area contributed by atoms with Crippen molar-refractivity contribution in [2.45, 2.75) is 45.8 Å². The van der Waals surface area contributed by atoms with Crippen molar-refractivity contribution in [2.75, 3.05) is 5.88 Å². The van der Waals surface area contributed by atoms with Crippen LogP contribution < -0.4 is 5.32 Å². The fraction of sp³-hybridized carbons (Fsp3) is 0.727. The number of aromatic nitrogens is 2. The van der Waals surface area contributed by atoms with Gasteiger partial charge in [-0.05, 0) is 19.8 Å². The van der Waals surface area contributed by atoms with Gasteiger partial charge in [0.2, 0.25) is 0 Å². The Labute approximate surface area is 96.8 Å². The number of aryl methyl sites for hydroxylation is 1. The molecule has 1 unspecified atom stereocenters. The maximum atomic E-state index is 5.73. The van der Waals surface area contributed by atoms with Crippen LogP contribution in [0.15, 0.2) is 12.4 Å². The highest BCUT2D eigenvalue weighted by Gasteiger charge is 2.05. The third-order valence-corrected chi connectivity index (χ3v) is 2.77. The van der Waals surface area contributed by atoms with Crippen LogP contribution in [0, 0.1) is 0 Å². The molecule has 1 aromatic heterocycles. The van der Waals surface area contributed by atoms with Crippen molar-refractivity contribution in [3.05, 3.63) is 18.0 Å². The van der Waals surface area contributed by atoms with E-state index in [1.807, 2.05) is 10.9 Å². The fourth-order valence-corrected chi connectivity index (χ4v) is 1.78. The van der Waals surface area contributed by atoms with Crippen molar-refractivity contribution in [2.24, 2.45) is 0 Å². The summed E-state index contributed by atoms with van der Waals surface area (Å²) in [6.45, 7) is 6.08. The van der Waals surface area contributed by atoms with Crippen LogP contribution in [0.3, 0.4) is 0 Å². The molecule has 0 saturated heterocycles. The first-order valence-electron chi connectivity index (χ1n) is 5.60. The Kier molecular flexibility index (Phi) is 5.73. The molecular formula is C11H20ClN3. The summed E-state index contributed by atoms with van der Waals surface area (Å²) in [6, 6.07) is 0.521. The Balaban J connectivity index is 2.34. The van der Waals surface area contributed by atoms with Crippen LogP contribution in [-0.4, -0.2) is 21.7 Å². The van der Waals surface area contributed by atoms with Crippen LogP contribution >= 0.6 is 11.6 Å². The molecule has 86 valence electrons. The van der Waals surface area contributed by atoms with Gasteiger partial charge in [0, 0.05) is 36.8 Å². The molecule has 1 N–H and O–H groups in total. The minimum Gasteiger partial charge on any atom is -0.310 e. The van der Waals surface area contributed by atoms with E-state index in [1.165, 1.54) is 5.56 Å². The van der Waals surface area contributed by atoms with Gasteiger partial charge in [0.05, 0.1) is 6.20 Å². The molecule has 0 aliphatic rings. The number of alkyl halides is 1. The maximum absolute atomic E-state index is 5.73. The fourth-order valence-electron chi connectivity index (χ4n) is 1.52. The standard InChI is InChI=1S/C11H20ClN3/c1-3-11(5-6-12)13-7-10-8-14-15(4-2)9-10/h8-9,11,13H,3-7H2,1-2H3. The molecule has 1 atom stereocenters. The van der Waals surface area contributed by atoms with Gasteiger partial charge >= 0.3 is 0 Å². The number of hydrogen-bond donors (Lipinski definition) is 1. The summed E-state index contributed by atoms with van der Waals surface area (Å²) in [5.74, 6) is 0.722. The minimum absolute atomic E-state index is 0.521. The van der Waals surface area contributed by atoms with Crippen LogP contribution in [0.25, 0.3) is 0 Å². The molecule has 15 heavy (non-hydrogen) atoms. The lowest BCUT2D eigenvalue weighted by Gasteiger charge is -2.14. The number of halogens is 1. The largest absolute Gasteiger partial charge is 0.310 e. The quantitative estimate of drug-likeness (QED) is 0.728. The van der Waals surface area contributed by atoms with Gasteiger partial charge < -0.3 is 5.32 Å². The predicted octanol–water partition coefficient (Wildman–Crippen LogP) is 2.40. The summed E-state index contributed by atoms with van der Waals surface area (Å²) in [5, 5.41) is 7.72. The number of rotatable bonds is 7. The molecule has 1 rings (SSSR count). The summed E-state index contributed by atoms with van der Waals surface area (Å²) >= 11 is 5.73. The molecule has 0 spiro atoms. The molecule has 0 aliphatic carbocycles. The molecule has 0 aromatic carbocycles. The molecule has 0 fully saturated rings. The topological polar surface area (TPSA) is 29.9 Å². The highest BCUT2D eigenvalue weighted by molar-refractivity contribution is 6.17. The van der Waals surface area contributed by atoms with E-state index in [2.05, 4.69) is 30.5 Å². The second kappa shape index (κ2) is 6.85. The lowest BCUT2D eigenvalue weighted by atomic mass is 10.1. The van der Waals surface area contributed by atoms with Crippen LogP contribution in [0.4, 0.5) is 0 Å². The van der Waals surface area contributed by atoms with Crippen LogP contribution in [0.1, 0.15) is 32.3 Å². The molecule has 4 heteroatoms. The van der Waals surface area contributed by atoms with E-state index in [-0.39, 0.29) is 0 Å². The lowest BCUT2D eigenvalue weighted by molar-refractivity contribution is 0.486. The Morgan fingerprint density at radius 2 is 2.33 bits per heavy atom. The molecule has 0 amide bonds. The Morgan fingerprint density at radius 1 is 1.53 bits per heavy atom. The molecule has 0 saturated carbocycles. The van der Waals surface area contributed by atoms with Gasteiger partial charge in [0.1, 0.15) is 0 Å². The summed E-state index contributed by atoms with van der Waals surface area (Å²) in [5.41, 5.74) is 1.24. The van der Waals surface area contributed by atoms with Gasteiger partial charge in [0.25, 0.3) is 0 Å². The average molecular weight is 230 g/mol. The predicted molar refractivity (Wildman–Crippen MR) is 64.2 cm³/mol. The van der Waals surface area contributed by atoms with E-state index in [0.717, 1.165) is 31.8 Å². The second-order valence-electron chi connectivity index (χ2n) is 3.67. The zero-order valence-electron chi connectivity index (χ0n) is 9.54. The van der Waals surface area contributed by atoms with Gasteiger partial charge in [-0.15, -0.1) is 11.6 Å². The third-order valence-electron chi connectivity index (χ3n) is 2.56. The van der Waals surface area contributed by atoms with Crippen molar-refractivity contribution >= 4 is 11.6 Å². The number of nitrogens with zero attached hydrogens (tertiary/aromatic N) is 2. The Bertz CT molecular complexity index is 273. The Hall–Kier alpha value is -0.540. The monoisotopic (exact) mass is 229 g/mol. The van der Waals surface area contributed by atoms with Crippen molar-refractivity contribution in [1.29, 1.82) is 0 Å². The third kappa shape index (κ3) is 4.22. The average Bonchev–Trinajstić information content (AvgIpc) is 2.72. The first kappa shape index (κ1) is 12.5. The van der Waals surface area contributed by atoms with Crippen molar-refractivity contribution in [3.8, 4) is 0 Å². The molecule has 0 bridgehead atoms. The molecule has 1 heterocycles. The SMILES string of the molecule is CCC(CCCl)NCc1cnn(CC)c1. The summed E-state index contributed by atoms with van der Waals surface area (Å²) in [6.07, 6.45) is 6.15. The maximum Gasteiger partial charge on any atom is 0.0534 e. The molecule has 1 aromatic rings. The zero-order chi connectivity index (χ0) is 11.1. The zero-order valence-corrected chi connectivity index (χ0v) is 10.3. The Morgan fingerprint density at radius 3 is 2.87 bits per heavy atom. The highest BCUT2D eigenvalue weighted by Crippen LogP contribution is 2.03. The highest BCUT2D eigenvalue weighted by atomic mass is 35.5. The van der Waals surface area contributed by atoms with E-state index in [0.29, 0.717) is 6.04 Å². The molecular weight excluding hydrogens is 210 g/mol. The van der Waals surface area contributed by atoms with Crippen molar-refractivity contribution < 1.29 is 0 Å². The normalized spacial score (nSPS) is 13.0. The molecule has 3 nitrogen and oxygen atoms in total. The lowest BCUT2D eigenvalue weighted by Crippen LogP contribution is -2.28. The van der Waals surface area contributed by atoms with E-state index >= 15 is 0 Å². The first-order valence-corrected chi connectivity index (χ1v) is 6.14. The minimum atomic E-state index is 0.521. The van der Waals surface area contributed by atoms with E-state index < -0.39 is 0 Å².